The highest BCUT2D eigenvalue weighted by Crippen LogP contribution is 2.55. The summed E-state index contributed by atoms with van der Waals surface area (Å²) >= 11 is 0. The monoisotopic (exact) mass is 402 g/mol. The summed E-state index contributed by atoms with van der Waals surface area (Å²) in [6, 6.07) is 0. The van der Waals surface area contributed by atoms with E-state index in [1.54, 1.807) is 0 Å². The highest BCUT2D eigenvalue weighted by Gasteiger charge is 2.55. The van der Waals surface area contributed by atoms with Crippen molar-refractivity contribution in [3.63, 3.8) is 0 Å². The molecule has 2 rings (SSSR count). The van der Waals surface area contributed by atoms with Crippen LogP contribution < -0.4 is 0 Å². The topological polar surface area (TPSA) is 0 Å². The molecule has 0 nitrogen and oxygen atoms in total. The molecule has 2 saturated carbocycles. The van der Waals surface area contributed by atoms with Crippen LogP contribution in [0.25, 0.3) is 0 Å². The Kier molecular flexibility index (Phi) is 10.2. The van der Waals surface area contributed by atoms with E-state index in [9.17, 15) is 13.2 Å². The standard InChI is InChI=1S/C25H45F3/c1-3-5-7-8-10-18-24(25(26,27)28)19-16-23(17-20-24)22-14-12-21(13-15-22)11-9-6-4-2/h21-23H,3-20H2,1-2H3. The van der Waals surface area contributed by atoms with Gasteiger partial charge in [0.15, 0.2) is 0 Å². The van der Waals surface area contributed by atoms with Crippen LogP contribution in [0.2, 0.25) is 0 Å². The van der Waals surface area contributed by atoms with Gasteiger partial charge in [0, 0.05) is 0 Å². The van der Waals surface area contributed by atoms with Gasteiger partial charge in [-0.2, -0.15) is 13.2 Å². The Morgan fingerprint density at radius 3 is 1.79 bits per heavy atom. The molecule has 0 heterocycles. The minimum Gasteiger partial charge on any atom is -0.171 e. The van der Waals surface area contributed by atoms with E-state index in [2.05, 4.69) is 13.8 Å². The predicted octanol–water partition coefficient (Wildman–Crippen LogP) is 9.47. The van der Waals surface area contributed by atoms with Gasteiger partial charge in [-0.3, -0.25) is 0 Å². The molecule has 0 atom stereocenters. The maximum absolute atomic E-state index is 13.9. The first-order chi connectivity index (χ1) is 13.4. The number of hydrogen-bond acceptors (Lipinski definition) is 0. The van der Waals surface area contributed by atoms with E-state index in [-0.39, 0.29) is 0 Å². The highest BCUT2D eigenvalue weighted by atomic mass is 19.4. The van der Waals surface area contributed by atoms with Gasteiger partial charge in [-0.15, -0.1) is 0 Å². The van der Waals surface area contributed by atoms with Gasteiger partial charge < -0.3 is 0 Å². The van der Waals surface area contributed by atoms with Gasteiger partial charge in [-0.25, -0.2) is 0 Å². The third kappa shape index (κ3) is 6.94. The van der Waals surface area contributed by atoms with Gasteiger partial charge in [0.25, 0.3) is 0 Å². The second-order valence-corrected chi connectivity index (χ2v) is 10.1. The Morgan fingerprint density at radius 2 is 1.21 bits per heavy atom. The summed E-state index contributed by atoms with van der Waals surface area (Å²) in [6.07, 6.45) is 14.5. The van der Waals surface area contributed by atoms with Gasteiger partial charge in [-0.05, 0) is 62.7 Å². The molecule has 166 valence electrons. The Hall–Kier alpha value is -0.210. The number of hydrogen-bond donors (Lipinski definition) is 0. The van der Waals surface area contributed by atoms with Crippen LogP contribution in [0.15, 0.2) is 0 Å². The fraction of sp³-hybridized carbons (Fsp3) is 1.00. The SMILES string of the molecule is CCCCCCCC1(C(F)(F)F)CCC(C2CCC(CCCCC)CC2)CC1. The van der Waals surface area contributed by atoms with E-state index in [1.165, 1.54) is 51.4 Å². The average molecular weight is 403 g/mol. The molecule has 0 aromatic heterocycles. The Bertz CT molecular complexity index is 399. The van der Waals surface area contributed by atoms with Gasteiger partial charge in [-0.1, -0.05) is 84.5 Å². The number of rotatable bonds is 11. The summed E-state index contributed by atoms with van der Waals surface area (Å²) in [4.78, 5) is 0. The van der Waals surface area contributed by atoms with Gasteiger partial charge in [0.05, 0.1) is 5.41 Å². The molecule has 2 aliphatic rings. The van der Waals surface area contributed by atoms with Crippen LogP contribution >= 0.6 is 0 Å². The van der Waals surface area contributed by atoms with E-state index in [4.69, 9.17) is 0 Å². The quantitative estimate of drug-likeness (QED) is 0.302. The molecule has 0 radical (unpaired) electrons. The van der Waals surface area contributed by atoms with Crippen molar-refractivity contribution >= 4 is 0 Å². The zero-order chi connectivity index (χ0) is 20.5. The van der Waals surface area contributed by atoms with Crippen molar-refractivity contribution in [1.29, 1.82) is 0 Å². The van der Waals surface area contributed by atoms with Gasteiger partial charge in [0.2, 0.25) is 0 Å². The second kappa shape index (κ2) is 11.8. The van der Waals surface area contributed by atoms with Crippen molar-refractivity contribution in [2.24, 2.45) is 23.2 Å². The molecule has 0 saturated heterocycles. The Labute approximate surface area is 172 Å². The van der Waals surface area contributed by atoms with Gasteiger partial charge in [0.1, 0.15) is 0 Å². The minimum atomic E-state index is -4.01. The molecule has 3 heteroatoms. The van der Waals surface area contributed by atoms with E-state index < -0.39 is 11.6 Å². The van der Waals surface area contributed by atoms with Crippen molar-refractivity contribution < 1.29 is 13.2 Å². The molecule has 0 amide bonds. The number of halogens is 3. The largest absolute Gasteiger partial charge is 0.394 e. The maximum Gasteiger partial charge on any atom is 0.394 e. The van der Waals surface area contributed by atoms with Crippen LogP contribution in [0.1, 0.15) is 129 Å². The zero-order valence-electron chi connectivity index (χ0n) is 18.6. The summed E-state index contributed by atoms with van der Waals surface area (Å²) < 4.78 is 41.8. The van der Waals surface area contributed by atoms with E-state index >= 15 is 0 Å². The highest BCUT2D eigenvalue weighted by molar-refractivity contribution is 4.93. The van der Waals surface area contributed by atoms with Crippen molar-refractivity contribution in [3.8, 4) is 0 Å². The molecular weight excluding hydrogens is 357 g/mol. The number of unbranched alkanes of at least 4 members (excludes halogenated alkanes) is 6. The zero-order valence-corrected chi connectivity index (χ0v) is 18.6. The smallest absolute Gasteiger partial charge is 0.171 e. The number of alkyl halides is 3. The maximum atomic E-state index is 13.9. The van der Waals surface area contributed by atoms with E-state index in [0.717, 1.165) is 50.9 Å². The van der Waals surface area contributed by atoms with Crippen molar-refractivity contribution in [3.05, 3.63) is 0 Å². The molecule has 0 aromatic rings. The van der Waals surface area contributed by atoms with E-state index in [1.807, 2.05) is 0 Å². The molecule has 28 heavy (non-hydrogen) atoms. The molecule has 0 spiro atoms. The molecule has 2 fully saturated rings. The third-order valence-electron chi connectivity index (χ3n) is 8.12. The lowest BCUT2D eigenvalue weighted by atomic mass is 9.62. The predicted molar refractivity (Wildman–Crippen MR) is 113 cm³/mol. The van der Waals surface area contributed by atoms with Gasteiger partial charge >= 0.3 is 6.18 Å². The normalized spacial score (nSPS) is 31.8. The third-order valence-corrected chi connectivity index (χ3v) is 8.12. The molecule has 0 unspecified atom stereocenters. The van der Waals surface area contributed by atoms with Crippen LogP contribution in [0, 0.1) is 23.2 Å². The average Bonchev–Trinajstić information content (AvgIpc) is 2.68. The molecule has 0 bridgehead atoms. The van der Waals surface area contributed by atoms with Crippen LogP contribution in [0.5, 0.6) is 0 Å². The van der Waals surface area contributed by atoms with Crippen LogP contribution in [-0.2, 0) is 0 Å². The Balaban J connectivity index is 1.77. The van der Waals surface area contributed by atoms with Crippen LogP contribution in [0.4, 0.5) is 13.2 Å². The van der Waals surface area contributed by atoms with Crippen molar-refractivity contribution in [2.75, 3.05) is 0 Å². The summed E-state index contributed by atoms with van der Waals surface area (Å²) in [5.41, 5.74) is -1.37. The first kappa shape index (κ1) is 24.1. The summed E-state index contributed by atoms with van der Waals surface area (Å²) in [5, 5.41) is 0. The molecule has 0 aromatic carbocycles. The summed E-state index contributed by atoms with van der Waals surface area (Å²) in [5.74, 6) is 2.16. The fourth-order valence-electron chi connectivity index (χ4n) is 6.04. The summed E-state index contributed by atoms with van der Waals surface area (Å²) in [7, 11) is 0. The molecule has 2 aliphatic carbocycles. The minimum absolute atomic E-state index is 0.372. The first-order valence-electron chi connectivity index (χ1n) is 12.5. The van der Waals surface area contributed by atoms with Crippen LogP contribution in [0.3, 0.4) is 0 Å². The lowest BCUT2D eigenvalue weighted by Gasteiger charge is -2.44. The Morgan fingerprint density at radius 1 is 0.679 bits per heavy atom. The van der Waals surface area contributed by atoms with Crippen molar-refractivity contribution in [2.45, 2.75) is 136 Å². The molecule has 0 N–H and O–H groups in total. The second-order valence-electron chi connectivity index (χ2n) is 10.1. The lowest BCUT2D eigenvalue weighted by Crippen LogP contribution is -2.42. The first-order valence-corrected chi connectivity index (χ1v) is 12.5. The fourth-order valence-corrected chi connectivity index (χ4v) is 6.04. The lowest BCUT2D eigenvalue weighted by molar-refractivity contribution is -0.241. The molecular formula is C25H45F3. The molecule has 0 aliphatic heterocycles. The van der Waals surface area contributed by atoms with Crippen LogP contribution in [-0.4, -0.2) is 6.18 Å². The van der Waals surface area contributed by atoms with Crippen molar-refractivity contribution in [1.82, 2.24) is 0 Å². The summed E-state index contributed by atoms with van der Waals surface area (Å²) in [6.45, 7) is 4.41. The van der Waals surface area contributed by atoms with E-state index in [0.29, 0.717) is 31.1 Å².